The Morgan fingerprint density at radius 3 is 2.36 bits per heavy atom. The van der Waals surface area contributed by atoms with Crippen LogP contribution in [0.5, 0.6) is 0 Å². The Morgan fingerprint density at radius 2 is 1.72 bits per heavy atom. The van der Waals surface area contributed by atoms with Gasteiger partial charge in [0.25, 0.3) is 5.56 Å². The monoisotopic (exact) mass is 539 g/mol. The number of carbonyl (C=O) groups excluding carboxylic acids is 1. The van der Waals surface area contributed by atoms with E-state index in [1.54, 1.807) is 11.5 Å². The Bertz CT molecular complexity index is 1770. The summed E-state index contributed by atoms with van der Waals surface area (Å²) in [6.07, 6.45) is 2.94. The minimum absolute atomic E-state index is 0.171. The van der Waals surface area contributed by atoms with Crippen molar-refractivity contribution in [1.29, 1.82) is 0 Å². The number of carbonyl (C=O) groups is 1. The van der Waals surface area contributed by atoms with Crippen molar-refractivity contribution in [2.45, 2.75) is 54.0 Å². The topological polar surface area (TPSA) is 65.6 Å². The van der Waals surface area contributed by atoms with Crippen molar-refractivity contribution < 1.29 is 9.53 Å². The van der Waals surface area contributed by atoms with Crippen LogP contribution in [-0.2, 0) is 16.0 Å². The van der Waals surface area contributed by atoms with E-state index in [0.717, 1.165) is 40.2 Å². The third kappa shape index (κ3) is 4.83. The maximum atomic E-state index is 13.9. The van der Waals surface area contributed by atoms with E-state index >= 15 is 0 Å². The van der Waals surface area contributed by atoms with Crippen molar-refractivity contribution in [2.24, 2.45) is 4.99 Å². The van der Waals surface area contributed by atoms with Gasteiger partial charge in [-0.1, -0.05) is 60.2 Å². The molecule has 6 nitrogen and oxygen atoms in total. The number of aryl methyl sites for hydroxylation is 3. The van der Waals surface area contributed by atoms with Gasteiger partial charge in [-0.25, -0.2) is 9.79 Å². The number of esters is 1. The molecule has 0 saturated carbocycles. The summed E-state index contributed by atoms with van der Waals surface area (Å²) in [5.74, 6) is -0.448. The second kappa shape index (κ2) is 10.7. The molecule has 5 rings (SSSR count). The molecule has 0 amide bonds. The van der Waals surface area contributed by atoms with Crippen LogP contribution in [-0.4, -0.2) is 21.7 Å². The van der Waals surface area contributed by atoms with E-state index in [9.17, 15) is 9.59 Å². The summed E-state index contributed by atoms with van der Waals surface area (Å²) in [6, 6.07) is 18.0. The fraction of sp³-hybridized carbons (Fsp3) is 0.281. The van der Waals surface area contributed by atoms with Gasteiger partial charge in [0, 0.05) is 17.1 Å². The van der Waals surface area contributed by atoms with Crippen LogP contribution in [0.1, 0.15) is 60.5 Å². The van der Waals surface area contributed by atoms with Crippen LogP contribution in [0.3, 0.4) is 0 Å². The molecular weight excluding hydrogens is 506 g/mol. The molecule has 1 aliphatic heterocycles. The number of rotatable bonds is 6. The molecule has 3 heterocycles. The normalized spacial score (nSPS) is 15.3. The number of nitrogens with zero attached hydrogens (tertiary/aromatic N) is 3. The lowest BCUT2D eigenvalue weighted by atomic mass is 9.95. The molecule has 0 unspecified atom stereocenters. The van der Waals surface area contributed by atoms with E-state index in [1.807, 2.05) is 44.2 Å². The number of fused-ring (bicyclic) bond motifs is 1. The fourth-order valence-corrected chi connectivity index (χ4v) is 6.25. The van der Waals surface area contributed by atoms with E-state index in [4.69, 9.17) is 9.73 Å². The van der Waals surface area contributed by atoms with Gasteiger partial charge < -0.3 is 9.30 Å². The summed E-state index contributed by atoms with van der Waals surface area (Å²) >= 11 is 1.35. The van der Waals surface area contributed by atoms with Gasteiger partial charge in [0.15, 0.2) is 4.80 Å². The van der Waals surface area contributed by atoms with Crippen molar-refractivity contribution >= 4 is 23.4 Å². The molecule has 2 aromatic heterocycles. The highest BCUT2D eigenvalue weighted by Gasteiger charge is 2.33. The third-order valence-corrected chi connectivity index (χ3v) is 8.25. The first-order chi connectivity index (χ1) is 18.7. The van der Waals surface area contributed by atoms with Crippen LogP contribution in [0.15, 0.2) is 75.7 Å². The molecule has 4 aromatic rings. The number of benzene rings is 2. The second-order valence-corrected chi connectivity index (χ2v) is 10.9. The molecule has 0 bridgehead atoms. The maximum absolute atomic E-state index is 13.9. The fourth-order valence-electron chi connectivity index (χ4n) is 5.21. The third-order valence-electron chi connectivity index (χ3n) is 7.27. The molecule has 200 valence electrons. The van der Waals surface area contributed by atoms with Crippen molar-refractivity contribution in [3.05, 3.63) is 119 Å². The van der Waals surface area contributed by atoms with Crippen molar-refractivity contribution in [2.75, 3.05) is 6.61 Å². The Kier molecular flexibility index (Phi) is 7.28. The minimum atomic E-state index is -0.604. The minimum Gasteiger partial charge on any atom is -0.463 e. The molecule has 1 aliphatic rings. The van der Waals surface area contributed by atoms with Gasteiger partial charge >= 0.3 is 5.97 Å². The smallest absolute Gasteiger partial charge is 0.338 e. The molecule has 0 spiro atoms. The van der Waals surface area contributed by atoms with E-state index in [1.165, 1.54) is 16.9 Å². The van der Waals surface area contributed by atoms with E-state index < -0.39 is 12.0 Å². The lowest BCUT2D eigenvalue weighted by molar-refractivity contribution is -0.139. The molecule has 1 atom stereocenters. The number of aromatic nitrogens is 2. The molecule has 0 N–H and O–H groups in total. The average Bonchev–Trinajstić information content (AvgIpc) is 3.37. The van der Waals surface area contributed by atoms with Crippen molar-refractivity contribution in [3.63, 3.8) is 0 Å². The Hall–Kier alpha value is -3.97. The summed E-state index contributed by atoms with van der Waals surface area (Å²) < 4.78 is 9.82. The molecule has 7 heteroatoms. The highest BCUT2D eigenvalue weighted by molar-refractivity contribution is 7.07. The molecule has 0 aliphatic carbocycles. The summed E-state index contributed by atoms with van der Waals surface area (Å²) in [6.45, 7) is 12.1. The molecule has 39 heavy (non-hydrogen) atoms. The van der Waals surface area contributed by atoms with Gasteiger partial charge in [0.1, 0.15) is 0 Å². The van der Waals surface area contributed by atoms with E-state index in [0.29, 0.717) is 20.6 Å². The van der Waals surface area contributed by atoms with Crippen LogP contribution >= 0.6 is 11.3 Å². The van der Waals surface area contributed by atoms with Crippen molar-refractivity contribution in [3.8, 4) is 5.69 Å². The van der Waals surface area contributed by atoms with Crippen LogP contribution in [0, 0.1) is 20.8 Å². The second-order valence-electron chi connectivity index (χ2n) is 9.89. The highest BCUT2D eigenvalue weighted by Crippen LogP contribution is 2.31. The van der Waals surface area contributed by atoms with Gasteiger partial charge in [0.05, 0.1) is 28.5 Å². The zero-order valence-electron chi connectivity index (χ0n) is 23.2. The van der Waals surface area contributed by atoms with Gasteiger partial charge in [-0.05, 0) is 82.0 Å². The zero-order valence-corrected chi connectivity index (χ0v) is 24.1. The molecule has 0 fully saturated rings. The lowest BCUT2D eigenvalue weighted by Gasteiger charge is -2.24. The van der Waals surface area contributed by atoms with Crippen LogP contribution in [0.2, 0.25) is 0 Å². The van der Waals surface area contributed by atoms with Crippen LogP contribution in [0.25, 0.3) is 11.8 Å². The number of allylic oxidation sites excluding steroid dienone is 1. The maximum Gasteiger partial charge on any atom is 0.338 e. The summed E-state index contributed by atoms with van der Waals surface area (Å²) in [7, 11) is 0. The van der Waals surface area contributed by atoms with E-state index in [2.05, 4.69) is 55.7 Å². The summed E-state index contributed by atoms with van der Waals surface area (Å²) in [5.41, 5.74) is 8.26. The first-order valence-electron chi connectivity index (χ1n) is 13.3. The first-order valence-corrected chi connectivity index (χ1v) is 14.1. The van der Waals surface area contributed by atoms with Gasteiger partial charge in [-0.3, -0.25) is 9.36 Å². The number of hydrogen-bond acceptors (Lipinski definition) is 5. The summed E-state index contributed by atoms with van der Waals surface area (Å²) in [4.78, 5) is 32.3. The van der Waals surface area contributed by atoms with Gasteiger partial charge in [-0.2, -0.15) is 0 Å². The molecular formula is C32H33N3O3S. The average molecular weight is 540 g/mol. The Labute approximate surface area is 232 Å². The quantitative estimate of drug-likeness (QED) is 0.321. The van der Waals surface area contributed by atoms with Gasteiger partial charge in [-0.15, -0.1) is 0 Å². The number of ether oxygens (including phenoxy) is 1. The molecule has 0 radical (unpaired) electrons. The van der Waals surface area contributed by atoms with Crippen molar-refractivity contribution in [1.82, 2.24) is 9.13 Å². The largest absolute Gasteiger partial charge is 0.463 e. The zero-order chi connectivity index (χ0) is 27.8. The first kappa shape index (κ1) is 26.6. The predicted molar refractivity (Wildman–Crippen MR) is 156 cm³/mol. The van der Waals surface area contributed by atoms with E-state index in [-0.39, 0.29) is 12.2 Å². The highest BCUT2D eigenvalue weighted by atomic mass is 32.1. The van der Waals surface area contributed by atoms with Gasteiger partial charge in [0.2, 0.25) is 0 Å². The SMILES string of the molecule is CCOC(=O)C1=C(C)N=c2s/c(=C/c3cc(C)n(-c4ccc(CC)cc4)c3C)c(=O)n2[C@@H]1c1ccc(C)cc1. The van der Waals surface area contributed by atoms with Crippen LogP contribution in [0.4, 0.5) is 0 Å². The number of hydrogen-bond donors (Lipinski definition) is 0. The predicted octanol–water partition coefficient (Wildman–Crippen LogP) is 5.08. The Morgan fingerprint density at radius 1 is 1.03 bits per heavy atom. The summed E-state index contributed by atoms with van der Waals surface area (Å²) in [5, 5.41) is 0. The Balaban J connectivity index is 1.66. The number of thiazole rings is 1. The molecule has 2 aromatic carbocycles. The standard InChI is InChI=1S/C32H33N3O3S/c1-7-23-11-15-26(16-12-23)34-20(4)17-25(22(34)6)18-27-30(36)35-29(24-13-9-19(3)10-14-24)28(31(37)38-8-2)21(5)33-32(35)39-27/h9-18,29H,7-8H2,1-6H3/b27-18+/t29-/m1/s1. The molecule has 0 saturated heterocycles. The lowest BCUT2D eigenvalue weighted by Crippen LogP contribution is -2.39. The van der Waals surface area contributed by atoms with Crippen LogP contribution < -0.4 is 14.9 Å².